The van der Waals surface area contributed by atoms with Crippen LogP contribution in [0.5, 0.6) is 5.75 Å². The molecule has 1 atom stereocenters. The lowest BCUT2D eigenvalue weighted by atomic mass is 10.1. The maximum atomic E-state index is 12.5. The van der Waals surface area contributed by atoms with Crippen LogP contribution in [0.2, 0.25) is 0 Å². The number of rotatable bonds is 2. The molecule has 4 rings (SSSR count). The van der Waals surface area contributed by atoms with Crippen LogP contribution in [0.3, 0.4) is 0 Å². The topological polar surface area (TPSA) is 95.2 Å². The molecule has 1 amide bonds. The van der Waals surface area contributed by atoms with Gasteiger partial charge in [-0.2, -0.15) is 0 Å². The average Bonchev–Trinajstić information content (AvgIpc) is 3.09. The van der Waals surface area contributed by atoms with E-state index in [9.17, 15) is 14.4 Å². The molecule has 1 aromatic carbocycles. The van der Waals surface area contributed by atoms with Crippen LogP contribution in [0.15, 0.2) is 46.1 Å². The van der Waals surface area contributed by atoms with Crippen molar-refractivity contribution in [1.29, 1.82) is 0 Å². The molecule has 3 heterocycles. The number of aromatic nitrogens is 3. The Kier molecular flexibility index (Phi) is 3.61. The predicted octanol–water partition coefficient (Wildman–Crippen LogP) is 0.574. The largest absolute Gasteiger partial charge is 0.480 e. The first-order valence-electron chi connectivity index (χ1n) is 8.07. The number of fused-ring (bicyclic) bond motifs is 2. The molecule has 0 saturated carbocycles. The zero-order valence-electron chi connectivity index (χ0n) is 14.2. The molecule has 3 aromatic rings. The molecule has 0 radical (unpaired) electrons. The minimum absolute atomic E-state index is 0.253. The summed E-state index contributed by atoms with van der Waals surface area (Å²) in [7, 11) is 2.94. The van der Waals surface area contributed by atoms with Gasteiger partial charge in [0.25, 0.3) is 11.5 Å². The highest BCUT2D eigenvalue weighted by Gasteiger charge is 2.29. The molecular weight excluding hydrogens is 336 g/mol. The highest BCUT2D eigenvalue weighted by Crippen LogP contribution is 2.28. The molecule has 0 saturated heterocycles. The standard InChI is InChI=1S/C18H16N4O4/c1-21-15-12(17(24)22(2)18(21)25)8-11(9-19-15)20-16(23)14-7-10-5-3-4-6-13(10)26-14/h3-6,8-9,14H,7H2,1-2H3,(H,20,23). The number of carbonyl (C=O) groups is 1. The molecule has 132 valence electrons. The maximum Gasteiger partial charge on any atom is 0.332 e. The first-order valence-corrected chi connectivity index (χ1v) is 8.07. The third-order valence-electron chi connectivity index (χ3n) is 4.50. The molecule has 1 unspecified atom stereocenters. The van der Waals surface area contributed by atoms with E-state index >= 15 is 0 Å². The average molecular weight is 352 g/mol. The van der Waals surface area contributed by atoms with Crippen LogP contribution in [0.25, 0.3) is 11.0 Å². The first kappa shape index (κ1) is 16.1. The Hall–Kier alpha value is -3.42. The third kappa shape index (κ3) is 2.46. The Bertz CT molecular complexity index is 1140. The summed E-state index contributed by atoms with van der Waals surface area (Å²) in [6.45, 7) is 0. The monoisotopic (exact) mass is 352 g/mol. The molecule has 8 nitrogen and oxygen atoms in total. The van der Waals surface area contributed by atoms with Gasteiger partial charge in [-0.15, -0.1) is 0 Å². The molecule has 0 aliphatic carbocycles. The van der Waals surface area contributed by atoms with Gasteiger partial charge in [-0.25, -0.2) is 9.78 Å². The summed E-state index contributed by atoms with van der Waals surface area (Å²) in [5, 5.41) is 2.98. The van der Waals surface area contributed by atoms with E-state index < -0.39 is 17.4 Å². The number of para-hydroxylation sites is 1. The summed E-state index contributed by atoms with van der Waals surface area (Å²) in [5.41, 5.74) is 0.701. The minimum Gasteiger partial charge on any atom is -0.480 e. The molecule has 1 N–H and O–H groups in total. The lowest BCUT2D eigenvalue weighted by molar-refractivity contribution is -0.122. The molecule has 0 fully saturated rings. The highest BCUT2D eigenvalue weighted by atomic mass is 16.5. The summed E-state index contributed by atoms with van der Waals surface area (Å²) >= 11 is 0. The lowest BCUT2D eigenvalue weighted by Crippen LogP contribution is -2.37. The molecule has 1 aliphatic rings. The fourth-order valence-corrected chi connectivity index (χ4v) is 3.08. The van der Waals surface area contributed by atoms with E-state index in [1.54, 1.807) is 7.05 Å². The van der Waals surface area contributed by atoms with Gasteiger partial charge >= 0.3 is 5.69 Å². The van der Waals surface area contributed by atoms with Crippen LogP contribution in [-0.2, 0) is 25.3 Å². The fourth-order valence-electron chi connectivity index (χ4n) is 3.08. The molecule has 0 spiro atoms. The van der Waals surface area contributed by atoms with Crippen molar-refractivity contribution in [3.05, 3.63) is 62.9 Å². The summed E-state index contributed by atoms with van der Waals surface area (Å²) < 4.78 is 7.96. The Labute approximate surface area is 147 Å². The van der Waals surface area contributed by atoms with Crippen molar-refractivity contribution in [2.75, 3.05) is 5.32 Å². The van der Waals surface area contributed by atoms with Gasteiger partial charge in [0, 0.05) is 20.5 Å². The van der Waals surface area contributed by atoms with E-state index in [-0.39, 0.29) is 16.9 Å². The van der Waals surface area contributed by atoms with Gasteiger partial charge in [0.05, 0.1) is 17.3 Å². The molecule has 1 aliphatic heterocycles. The number of carbonyl (C=O) groups excluding carboxylic acids is 1. The third-order valence-corrected chi connectivity index (χ3v) is 4.50. The van der Waals surface area contributed by atoms with Crippen molar-refractivity contribution < 1.29 is 9.53 Å². The van der Waals surface area contributed by atoms with Crippen molar-refractivity contribution in [2.24, 2.45) is 14.1 Å². The van der Waals surface area contributed by atoms with E-state index in [0.29, 0.717) is 17.9 Å². The zero-order chi connectivity index (χ0) is 18.4. The molecular formula is C18H16N4O4. The van der Waals surface area contributed by atoms with E-state index in [1.807, 2.05) is 24.3 Å². The van der Waals surface area contributed by atoms with E-state index in [4.69, 9.17) is 4.74 Å². The Morgan fingerprint density at radius 2 is 2.00 bits per heavy atom. The molecule has 8 heteroatoms. The van der Waals surface area contributed by atoms with Gasteiger partial charge < -0.3 is 10.1 Å². The number of pyridine rings is 1. The number of hydrogen-bond acceptors (Lipinski definition) is 5. The minimum atomic E-state index is -0.633. The van der Waals surface area contributed by atoms with Crippen LogP contribution in [-0.4, -0.2) is 26.1 Å². The van der Waals surface area contributed by atoms with Crippen LogP contribution in [0.1, 0.15) is 5.56 Å². The Morgan fingerprint density at radius 1 is 1.23 bits per heavy atom. The van der Waals surface area contributed by atoms with Crippen molar-refractivity contribution >= 4 is 22.6 Å². The molecule has 2 aromatic heterocycles. The summed E-state index contributed by atoms with van der Waals surface area (Å²) in [4.78, 5) is 40.9. The molecule has 26 heavy (non-hydrogen) atoms. The maximum absolute atomic E-state index is 12.5. The highest BCUT2D eigenvalue weighted by molar-refractivity contribution is 5.96. The van der Waals surface area contributed by atoms with Gasteiger partial charge in [0.2, 0.25) is 0 Å². The number of aryl methyl sites for hydroxylation is 1. The van der Waals surface area contributed by atoms with E-state index in [0.717, 1.165) is 10.1 Å². The van der Waals surface area contributed by atoms with Gasteiger partial charge in [-0.1, -0.05) is 18.2 Å². The fraction of sp³-hybridized carbons (Fsp3) is 0.222. The normalized spacial score (nSPS) is 15.5. The second-order valence-corrected chi connectivity index (χ2v) is 6.21. The van der Waals surface area contributed by atoms with E-state index in [1.165, 1.54) is 23.9 Å². The van der Waals surface area contributed by atoms with Gasteiger partial charge in [0.1, 0.15) is 11.4 Å². The lowest BCUT2D eigenvalue weighted by Gasteiger charge is -2.12. The predicted molar refractivity (Wildman–Crippen MR) is 95.4 cm³/mol. The second kappa shape index (κ2) is 5.83. The van der Waals surface area contributed by atoms with Crippen molar-refractivity contribution in [3.63, 3.8) is 0 Å². The second-order valence-electron chi connectivity index (χ2n) is 6.21. The van der Waals surface area contributed by atoms with Crippen LogP contribution >= 0.6 is 0 Å². The number of hydrogen-bond donors (Lipinski definition) is 1. The van der Waals surface area contributed by atoms with Crippen LogP contribution in [0.4, 0.5) is 5.69 Å². The van der Waals surface area contributed by atoms with Crippen LogP contribution in [0, 0.1) is 0 Å². The van der Waals surface area contributed by atoms with E-state index in [2.05, 4.69) is 10.3 Å². The van der Waals surface area contributed by atoms with Crippen LogP contribution < -0.4 is 21.3 Å². The quantitative estimate of drug-likeness (QED) is 0.728. The number of anilines is 1. The number of nitrogens with zero attached hydrogens (tertiary/aromatic N) is 3. The van der Waals surface area contributed by atoms with Gasteiger partial charge in [-0.3, -0.25) is 18.7 Å². The van der Waals surface area contributed by atoms with Gasteiger partial charge in [0.15, 0.2) is 6.10 Å². The zero-order valence-corrected chi connectivity index (χ0v) is 14.2. The smallest absolute Gasteiger partial charge is 0.332 e. The number of benzene rings is 1. The Balaban J connectivity index is 1.63. The summed E-state index contributed by atoms with van der Waals surface area (Å²) in [6.07, 6.45) is 1.27. The number of ether oxygens (including phenoxy) is 1. The molecule has 0 bridgehead atoms. The van der Waals surface area contributed by atoms with Gasteiger partial charge in [-0.05, 0) is 17.7 Å². The number of amides is 1. The number of nitrogens with one attached hydrogen (secondary N) is 1. The summed E-state index contributed by atoms with van der Waals surface area (Å²) in [6, 6.07) is 9.02. The first-order chi connectivity index (χ1) is 12.5. The summed E-state index contributed by atoms with van der Waals surface area (Å²) in [5.74, 6) is 0.386. The van der Waals surface area contributed by atoms with Crippen molar-refractivity contribution in [1.82, 2.24) is 14.1 Å². The SMILES string of the molecule is Cn1c(=O)c2cc(NC(=O)C3Cc4ccccc4O3)cnc2n(C)c1=O. The van der Waals surface area contributed by atoms with Crippen molar-refractivity contribution in [3.8, 4) is 5.75 Å². The Morgan fingerprint density at radius 3 is 2.77 bits per heavy atom. The van der Waals surface area contributed by atoms with Crippen molar-refractivity contribution in [2.45, 2.75) is 12.5 Å².